The molecule has 4 rings (SSSR count). The van der Waals surface area contributed by atoms with Gasteiger partial charge in [-0.25, -0.2) is 9.18 Å². The molecule has 0 saturated heterocycles. The minimum Gasteiger partial charge on any atom is -0.486 e. The maximum Gasteiger partial charge on any atom is 0.374 e. The monoisotopic (exact) mass is 400 g/mol. The Morgan fingerprint density at radius 2 is 1.96 bits per heavy atom. The highest BCUT2D eigenvalue weighted by Gasteiger charge is 2.16. The number of thiophene rings is 1. The first-order valence-electron chi connectivity index (χ1n) is 8.17. The Morgan fingerprint density at radius 3 is 2.75 bits per heavy atom. The molecule has 142 valence electrons. The maximum atomic E-state index is 12.9. The zero-order chi connectivity index (χ0) is 19.3. The molecule has 3 heterocycles. The highest BCUT2D eigenvalue weighted by molar-refractivity contribution is 7.08. The van der Waals surface area contributed by atoms with E-state index in [1.54, 1.807) is 6.07 Å². The fraction of sp³-hybridized carbons (Fsp3) is 0.105. The van der Waals surface area contributed by atoms with E-state index in [9.17, 15) is 9.18 Å². The Balaban J connectivity index is 1.30. The van der Waals surface area contributed by atoms with Gasteiger partial charge in [-0.05, 0) is 47.8 Å². The molecule has 0 amide bonds. The van der Waals surface area contributed by atoms with E-state index in [2.05, 4.69) is 10.1 Å². The van der Waals surface area contributed by atoms with Crippen LogP contribution in [-0.2, 0) is 18.0 Å². The molecule has 0 radical (unpaired) electrons. The molecule has 0 atom stereocenters. The van der Waals surface area contributed by atoms with Crippen molar-refractivity contribution in [1.82, 2.24) is 10.1 Å². The zero-order valence-electron chi connectivity index (χ0n) is 14.3. The molecule has 28 heavy (non-hydrogen) atoms. The average molecular weight is 400 g/mol. The van der Waals surface area contributed by atoms with Gasteiger partial charge in [-0.3, -0.25) is 0 Å². The van der Waals surface area contributed by atoms with Crippen molar-refractivity contribution >= 4 is 17.3 Å². The van der Waals surface area contributed by atoms with Gasteiger partial charge < -0.3 is 18.4 Å². The summed E-state index contributed by atoms with van der Waals surface area (Å²) in [6, 6.07) is 10.5. The number of aromatic nitrogens is 2. The summed E-state index contributed by atoms with van der Waals surface area (Å²) in [6.45, 7) is -0.0787. The summed E-state index contributed by atoms with van der Waals surface area (Å²) in [7, 11) is 0. The first-order valence-corrected chi connectivity index (χ1v) is 9.11. The first-order chi connectivity index (χ1) is 13.7. The van der Waals surface area contributed by atoms with Crippen molar-refractivity contribution in [3.8, 4) is 17.1 Å². The largest absolute Gasteiger partial charge is 0.486 e. The predicted molar refractivity (Wildman–Crippen MR) is 96.2 cm³/mol. The number of halogens is 1. The molecule has 0 aliphatic heterocycles. The lowest BCUT2D eigenvalue weighted by molar-refractivity contribution is 0.0390. The third-order valence-corrected chi connectivity index (χ3v) is 4.32. The molecule has 0 aliphatic carbocycles. The van der Waals surface area contributed by atoms with Gasteiger partial charge in [0.2, 0.25) is 11.6 Å². The van der Waals surface area contributed by atoms with Crippen LogP contribution in [0.25, 0.3) is 11.4 Å². The molecule has 0 aliphatic rings. The fourth-order valence-electron chi connectivity index (χ4n) is 2.27. The van der Waals surface area contributed by atoms with E-state index in [4.69, 9.17) is 18.4 Å². The maximum absolute atomic E-state index is 12.9. The molecule has 0 saturated carbocycles. The van der Waals surface area contributed by atoms with Crippen LogP contribution in [0.15, 0.2) is 62.2 Å². The number of furan rings is 1. The Morgan fingerprint density at radius 1 is 1.11 bits per heavy atom. The zero-order valence-corrected chi connectivity index (χ0v) is 15.1. The topological polar surface area (TPSA) is 87.6 Å². The Kier molecular flexibility index (Phi) is 5.16. The summed E-state index contributed by atoms with van der Waals surface area (Å²) in [5.74, 6) is 0.540. The van der Waals surface area contributed by atoms with E-state index in [-0.39, 0.29) is 30.7 Å². The number of rotatable bonds is 7. The van der Waals surface area contributed by atoms with Crippen molar-refractivity contribution in [3.05, 3.63) is 76.5 Å². The van der Waals surface area contributed by atoms with Gasteiger partial charge >= 0.3 is 5.97 Å². The third kappa shape index (κ3) is 4.26. The molecular formula is C19H13FN2O5S. The van der Waals surface area contributed by atoms with Crippen molar-refractivity contribution in [2.24, 2.45) is 0 Å². The fourth-order valence-corrected chi connectivity index (χ4v) is 2.91. The number of hydrogen-bond acceptors (Lipinski definition) is 8. The lowest BCUT2D eigenvalue weighted by atomic mass is 10.3. The number of carbonyl (C=O) groups is 1. The minimum atomic E-state index is -0.664. The van der Waals surface area contributed by atoms with Gasteiger partial charge in [-0.15, -0.1) is 0 Å². The average Bonchev–Trinajstić information content (AvgIpc) is 3.47. The smallest absolute Gasteiger partial charge is 0.374 e. The molecule has 0 spiro atoms. The highest BCUT2D eigenvalue weighted by atomic mass is 32.1. The van der Waals surface area contributed by atoms with Crippen molar-refractivity contribution < 1.29 is 27.6 Å². The molecule has 7 nitrogen and oxygen atoms in total. The van der Waals surface area contributed by atoms with Gasteiger partial charge in [0.1, 0.15) is 23.9 Å². The van der Waals surface area contributed by atoms with Crippen LogP contribution in [0, 0.1) is 5.82 Å². The van der Waals surface area contributed by atoms with Gasteiger partial charge in [0, 0.05) is 10.9 Å². The van der Waals surface area contributed by atoms with Crippen LogP contribution >= 0.6 is 11.3 Å². The van der Waals surface area contributed by atoms with Crippen LogP contribution in [0.4, 0.5) is 4.39 Å². The molecule has 0 unspecified atom stereocenters. The number of hydrogen-bond donors (Lipinski definition) is 0. The lowest BCUT2D eigenvalue weighted by Crippen LogP contribution is -2.04. The van der Waals surface area contributed by atoms with Crippen LogP contribution in [-0.4, -0.2) is 16.1 Å². The molecular weight excluding hydrogens is 387 g/mol. The number of ether oxygens (including phenoxy) is 2. The van der Waals surface area contributed by atoms with Crippen molar-refractivity contribution in [1.29, 1.82) is 0 Å². The second-order valence-corrected chi connectivity index (χ2v) is 6.39. The summed E-state index contributed by atoms with van der Waals surface area (Å²) in [5, 5.41) is 7.63. The lowest BCUT2D eigenvalue weighted by Gasteiger charge is -2.03. The van der Waals surface area contributed by atoms with E-state index in [0.29, 0.717) is 17.3 Å². The van der Waals surface area contributed by atoms with Crippen LogP contribution < -0.4 is 4.74 Å². The third-order valence-electron chi connectivity index (χ3n) is 3.63. The summed E-state index contributed by atoms with van der Waals surface area (Å²) in [6.07, 6.45) is 0. The van der Waals surface area contributed by atoms with Crippen molar-refractivity contribution in [2.45, 2.75) is 13.2 Å². The Hall–Kier alpha value is -3.46. The van der Waals surface area contributed by atoms with E-state index >= 15 is 0 Å². The summed E-state index contributed by atoms with van der Waals surface area (Å²) >= 11 is 1.52. The van der Waals surface area contributed by atoms with Gasteiger partial charge in [0.15, 0.2) is 6.61 Å². The first kappa shape index (κ1) is 17.9. The summed E-state index contributed by atoms with van der Waals surface area (Å²) in [5.41, 5.74) is 0.836. The Bertz CT molecular complexity index is 1060. The number of nitrogens with zero attached hydrogens (tertiary/aromatic N) is 2. The van der Waals surface area contributed by atoms with E-state index in [1.165, 1.54) is 41.7 Å². The number of benzene rings is 1. The summed E-state index contributed by atoms with van der Waals surface area (Å²) < 4.78 is 33.9. The Labute approximate surface area is 162 Å². The normalized spacial score (nSPS) is 10.8. The molecule has 9 heteroatoms. The second kappa shape index (κ2) is 8.05. The van der Waals surface area contributed by atoms with Gasteiger partial charge in [0.05, 0.1) is 0 Å². The van der Waals surface area contributed by atoms with E-state index in [0.717, 1.165) is 5.56 Å². The molecule has 4 aromatic rings. The van der Waals surface area contributed by atoms with Crippen molar-refractivity contribution in [3.63, 3.8) is 0 Å². The van der Waals surface area contributed by atoms with E-state index in [1.807, 2.05) is 16.8 Å². The van der Waals surface area contributed by atoms with Gasteiger partial charge in [-0.2, -0.15) is 16.3 Å². The van der Waals surface area contributed by atoms with Gasteiger partial charge in [0.25, 0.3) is 5.89 Å². The van der Waals surface area contributed by atoms with Crippen LogP contribution in [0.5, 0.6) is 5.75 Å². The van der Waals surface area contributed by atoms with Crippen LogP contribution in [0.2, 0.25) is 0 Å². The standard InChI is InChI=1S/C19H13FN2O5S/c20-13-1-3-14(4-2-13)24-9-15-5-6-16(26-15)19(23)25-10-17-21-18(22-27-17)12-7-8-28-11-12/h1-8,11H,9-10H2. The van der Waals surface area contributed by atoms with E-state index < -0.39 is 5.97 Å². The SMILES string of the molecule is O=C(OCc1nc(-c2ccsc2)no1)c1ccc(COc2ccc(F)cc2)o1. The number of carbonyl (C=O) groups excluding carboxylic acids is 1. The molecule has 3 aromatic heterocycles. The second-order valence-electron chi connectivity index (χ2n) is 5.61. The van der Waals surface area contributed by atoms with Crippen LogP contribution in [0.3, 0.4) is 0 Å². The summed E-state index contributed by atoms with van der Waals surface area (Å²) in [4.78, 5) is 16.3. The quantitative estimate of drug-likeness (QED) is 0.423. The predicted octanol–water partition coefficient (Wildman–Crippen LogP) is 4.47. The molecule has 0 N–H and O–H groups in total. The van der Waals surface area contributed by atoms with Gasteiger partial charge in [-0.1, -0.05) is 5.16 Å². The van der Waals surface area contributed by atoms with Crippen LogP contribution in [0.1, 0.15) is 22.2 Å². The molecule has 1 aromatic carbocycles. The van der Waals surface area contributed by atoms with Crippen molar-refractivity contribution in [2.75, 3.05) is 0 Å². The molecule has 0 fully saturated rings. The molecule has 0 bridgehead atoms. The number of esters is 1. The minimum absolute atomic E-state index is 0.0234. The highest BCUT2D eigenvalue weighted by Crippen LogP contribution is 2.19.